The number of aryl methyl sites for hydroxylation is 1. The van der Waals surface area contributed by atoms with Crippen LogP contribution in [0.1, 0.15) is 36.8 Å². The van der Waals surface area contributed by atoms with Gasteiger partial charge >= 0.3 is 6.03 Å². The number of imide groups is 1. The van der Waals surface area contributed by atoms with Gasteiger partial charge in [0, 0.05) is 31.6 Å². The summed E-state index contributed by atoms with van der Waals surface area (Å²) in [5.41, 5.74) is 1.18. The molecule has 0 bridgehead atoms. The molecule has 1 saturated heterocycles. The average molecular weight is 361 g/mol. The first-order chi connectivity index (χ1) is 12.4. The summed E-state index contributed by atoms with van der Waals surface area (Å²) in [5, 5.41) is 2.58. The van der Waals surface area contributed by atoms with Gasteiger partial charge in [0.15, 0.2) is 0 Å². The van der Waals surface area contributed by atoms with Crippen molar-refractivity contribution in [1.29, 1.82) is 0 Å². The van der Waals surface area contributed by atoms with Crippen LogP contribution >= 0.6 is 0 Å². The lowest BCUT2D eigenvalue weighted by atomic mass is 10.1. The second-order valence-electron chi connectivity index (χ2n) is 6.65. The quantitative estimate of drug-likeness (QED) is 0.716. The van der Waals surface area contributed by atoms with Crippen LogP contribution in [-0.2, 0) is 22.4 Å². The molecule has 0 aliphatic carbocycles. The molecule has 140 valence electrons. The van der Waals surface area contributed by atoms with Crippen LogP contribution in [0.5, 0.6) is 0 Å². The van der Waals surface area contributed by atoms with Gasteiger partial charge in [0.05, 0.1) is 12.1 Å². The van der Waals surface area contributed by atoms with Crippen molar-refractivity contribution in [2.45, 2.75) is 45.6 Å². The predicted octanol–water partition coefficient (Wildman–Crippen LogP) is -0.274. The number of amides is 4. The Labute approximate surface area is 150 Å². The van der Waals surface area contributed by atoms with Gasteiger partial charge in [-0.1, -0.05) is 6.92 Å². The minimum atomic E-state index is -0.809. The number of urea groups is 1. The molecular weight excluding hydrogens is 338 g/mol. The van der Waals surface area contributed by atoms with E-state index in [1.165, 1.54) is 0 Å². The monoisotopic (exact) mass is 361 g/mol. The van der Waals surface area contributed by atoms with Crippen LogP contribution in [0.2, 0.25) is 0 Å². The highest BCUT2D eigenvalue weighted by Crippen LogP contribution is 2.15. The van der Waals surface area contributed by atoms with Gasteiger partial charge in [0.1, 0.15) is 11.9 Å². The molecule has 0 spiro atoms. The average Bonchev–Trinajstić information content (AvgIpc) is 2.76. The maximum Gasteiger partial charge on any atom is 0.324 e. The van der Waals surface area contributed by atoms with Gasteiger partial charge in [-0.25, -0.2) is 9.78 Å². The number of carbonyl (C=O) groups excluding carboxylic acids is 3. The second kappa shape index (κ2) is 7.27. The van der Waals surface area contributed by atoms with Gasteiger partial charge in [-0.05, 0) is 19.8 Å². The topological polar surface area (TPSA) is 115 Å². The third-order valence-electron chi connectivity index (χ3n) is 4.76. The summed E-state index contributed by atoms with van der Waals surface area (Å²) < 4.78 is 0. The lowest BCUT2D eigenvalue weighted by Gasteiger charge is -2.21. The smallest absolute Gasteiger partial charge is 0.324 e. The van der Waals surface area contributed by atoms with E-state index < -0.39 is 12.1 Å². The molecule has 2 aliphatic rings. The van der Waals surface area contributed by atoms with Crippen molar-refractivity contribution >= 4 is 17.8 Å². The van der Waals surface area contributed by atoms with E-state index in [1.54, 1.807) is 11.8 Å². The molecule has 1 fully saturated rings. The fourth-order valence-corrected chi connectivity index (χ4v) is 3.44. The third-order valence-corrected chi connectivity index (χ3v) is 4.76. The molecule has 0 radical (unpaired) electrons. The number of fused-ring (bicyclic) bond motifs is 1. The molecule has 3 rings (SSSR count). The Balaban J connectivity index is 1.65. The summed E-state index contributed by atoms with van der Waals surface area (Å²) in [5.74, 6) is 0.00352. The van der Waals surface area contributed by atoms with Crippen molar-refractivity contribution in [2.75, 3.05) is 19.6 Å². The zero-order chi connectivity index (χ0) is 18.8. The van der Waals surface area contributed by atoms with Crippen LogP contribution in [0.4, 0.5) is 4.79 Å². The van der Waals surface area contributed by atoms with Gasteiger partial charge in [0.25, 0.3) is 11.5 Å². The first-order valence-electron chi connectivity index (χ1n) is 8.89. The number of rotatable bonds is 4. The van der Waals surface area contributed by atoms with Crippen molar-refractivity contribution in [3.8, 4) is 0 Å². The van der Waals surface area contributed by atoms with Crippen molar-refractivity contribution in [2.24, 2.45) is 0 Å². The SMILES string of the molecule is CCCN1C(=O)N[C@H](CC(=O)N2CCc3nc(C)[nH]c(=O)c3CC2)C1=O. The second-order valence-corrected chi connectivity index (χ2v) is 6.65. The van der Waals surface area contributed by atoms with Crippen LogP contribution < -0.4 is 10.9 Å². The Hall–Kier alpha value is -2.71. The lowest BCUT2D eigenvalue weighted by molar-refractivity contribution is -0.135. The first kappa shape index (κ1) is 18.1. The molecular formula is C17H23N5O4. The molecule has 1 atom stereocenters. The van der Waals surface area contributed by atoms with Gasteiger partial charge in [-0.15, -0.1) is 0 Å². The Bertz CT molecular complexity index is 803. The Morgan fingerprint density at radius 3 is 2.69 bits per heavy atom. The molecule has 26 heavy (non-hydrogen) atoms. The highest BCUT2D eigenvalue weighted by molar-refractivity contribution is 6.05. The van der Waals surface area contributed by atoms with Crippen LogP contribution in [0.25, 0.3) is 0 Å². The van der Waals surface area contributed by atoms with Crippen LogP contribution in [0.15, 0.2) is 4.79 Å². The van der Waals surface area contributed by atoms with E-state index in [0.29, 0.717) is 50.3 Å². The van der Waals surface area contributed by atoms with Crippen LogP contribution in [-0.4, -0.2) is 63.3 Å². The Morgan fingerprint density at radius 2 is 1.96 bits per heavy atom. The molecule has 1 aromatic heterocycles. The maximum atomic E-state index is 12.6. The van der Waals surface area contributed by atoms with Crippen LogP contribution in [0.3, 0.4) is 0 Å². The van der Waals surface area contributed by atoms with E-state index in [9.17, 15) is 19.2 Å². The van der Waals surface area contributed by atoms with Gasteiger partial charge < -0.3 is 15.2 Å². The van der Waals surface area contributed by atoms with E-state index >= 15 is 0 Å². The summed E-state index contributed by atoms with van der Waals surface area (Å²) in [6.45, 7) is 4.79. The van der Waals surface area contributed by atoms with E-state index in [-0.39, 0.29) is 23.8 Å². The van der Waals surface area contributed by atoms with Gasteiger partial charge in [-0.3, -0.25) is 19.3 Å². The van der Waals surface area contributed by atoms with Crippen molar-refractivity contribution < 1.29 is 14.4 Å². The molecule has 9 heteroatoms. The highest BCUT2D eigenvalue weighted by Gasteiger charge is 2.39. The van der Waals surface area contributed by atoms with Crippen molar-refractivity contribution in [3.05, 3.63) is 27.4 Å². The minimum absolute atomic E-state index is 0.0655. The number of aromatic nitrogens is 2. The number of hydrogen-bond donors (Lipinski definition) is 2. The van der Waals surface area contributed by atoms with E-state index in [1.807, 2.05) is 6.92 Å². The Morgan fingerprint density at radius 1 is 1.23 bits per heavy atom. The summed E-state index contributed by atoms with van der Waals surface area (Å²) in [6.07, 6.45) is 1.53. The molecule has 9 nitrogen and oxygen atoms in total. The summed E-state index contributed by atoms with van der Waals surface area (Å²) in [7, 11) is 0. The standard InChI is InChI=1S/C17H23N5O4/c1-3-6-22-16(25)13(20-17(22)26)9-14(23)21-7-4-11-12(5-8-21)18-10(2)19-15(11)24/h13H,3-9H2,1-2H3,(H,20,26)(H,18,19,24)/t13-/m1/s1. The molecule has 0 aromatic carbocycles. The summed E-state index contributed by atoms with van der Waals surface area (Å²) in [6, 6.07) is -1.25. The fourth-order valence-electron chi connectivity index (χ4n) is 3.44. The molecule has 0 saturated carbocycles. The number of carbonyl (C=O) groups is 3. The molecule has 1 aromatic rings. The third kappa shape index (κ3) is 3.47. The zero-order valence-electron chi connectivity index (χ0n) is 15.0. The van der Waals surface area contributed by atoms with E-state index in [2.05, 4.69) is 15.3 Å². The molecule has 4 amide bonds. The highest BCUT2D eigenvalue weighted by atomic mass is 16.2. The van der Waals surface area contributed by atoms with Crippen LogP contribution in [0, 0.1) is 6.92 Å². The summed E-state index contributed by atoms with van der Waals surface area (Å²) >= 11 is 0. The van der Waals surface area contributed by atoms with Gasteiger partial charge in [-0.2, -0.15) is 0 Å². The predicted molar refractivity (Wildman–Crippen MR) is 92.5 cm³/mol. The summed E-state index contributed by atoms with van der Waals surface area (Å²) in [4.78, 5) is 58.7. The number of nitrogens with zero attached hydrogens (tertiary/aromatic N) is 3. The van der Waals surface area contributed by atoms with Crippen molar-refractivity contribution in [1.82, 2.24) is 25.1 Å². The first-order valence-corrected chi connectivity index (χ1v) is 8.89. The number of aromatic amines is 1. The number of nitrogens with one attached hydrogen (secondary N) is 2. The zero-order valence-corrected chi connectivity index (χ0v) is 15.0. The number of hydrogen-bond acceptors (Lipinski definition) is 5. The largest absolute Gasteiger partial charge is 0.342 e. The lowest BCUT2D eigenvalue weighted by Crippen LogP contribution is -2.40. The van der Waals surface area contributed by atoms with Crippen molar-refractivity contribution in [3.63, 3.8) is 0 Å². The fraction of sp³-hybridized carbons (Fsp3) is 0.588. The van der Waals surface area contributed by atoms with E-state index in [4.69, 9.17) is 0 Å². The molecule has 0 unspecified atom stereocenters. The van der Waals surface area contributed by atoms with E-state index in [0.717, 1.165) is 10.6 Å². The Kier molecular flexibility index (Phi) is 5.06. The maximum absolute atomic E-state index is 12.6. The normalized spacial score (nSPS) is 20.0. The molecule has 2 N–H and O–H groups in total. The minimum Gasteiger partial charge on any atom is -0.342 e. The molecule has 2 aliphatic heterocycles. The number of H-pyrrole nitrogens is 1. The van der Waals surface area contributed by atoms with Gasteiger partial charge in [0.2, 0.25) is 5.91 Å². The molecule has 3 heterocycles.